The average molecular weight is 336 g/mol. The van der Waals surface area contributed by atoms with Crippen molar-refractivity contribution < 1.29 is 8.42 Å². The smallest absolute Gasteiger partial charge is 0.273 e. The van der Waals surface area contributed by atoms with Gasteiger partial charge in [0.15, 0.2) is 10.0 Å². The van der Waals surface area contributed by atoms with Crippen molar-refractivity contribution in [3.63, 3.8) is 0 Å². The highest BCUT2D eigenvalue weighted by atomic mass is 79.9. The van der Waals surface area contributed by atoms with Crippen molar-refractivity contribution >= 4 is 43.1 Å². The molecule has 5 nitrogen and oxygen atoms in total. The number of hydrogen-bond acceptors (Lipinski definition) is 4. The topological polar surface area (TPSA) is 74.8 Å². The number of nitrogens with zero attached hydrogens (tertiary/aromatic N) is 1. The largest absolute Gasteiger partial charge is 0.280 e. The summed E-state index contributed by atoms with van der Waals surface area (Å²) >= 11 is 4.36. The predicted octanol–water partition coefficient (Wildman–Crippen LogP) is 2.65. The van der Waals surface area contributed by atoms with Gasteiger partial charge in [-0.3, -0.25) is 9.82 Å². The Kier molecular flexibility index (Phi) is 3.28. The van der Waals surface area contributed by atoms with Gasteiger partial charge in [-0.15, -0.1) is 11.3 Å². The van der Waals surface area contributed by atoms with Crippen molar-refractivity contribution in [2.45, 2.75) is 18.1 Å². The van der Waals surface area contributed by atoms with Crippen LogP contribution in [0.2, 0.25) is 0 Å². The first kappa shape index (κ1) is 12.6. The second kappa shape index (κ2) is 4.43. The summed E-state index contributed by atoms with van der Waals surface area (Å²) in [5.74, 6) is 0.336. The number of rotatable bonds is 3. The quantitative estimate of drug-likeness (QED) is 0.905. The number of hydrogen-bond donors (Lipinski definition) is 2. The second-order valence-electron chi connectivity index (χ2n) is 3.48. The molecule has 2 heterocycles. The van der Waals surface area contributed by atoms with Crippen LogP contribution in [0.1, 0.15) is 11.3 Å². The highest BCUT2D eigenvalue weighted by Gasteiger charge is 2.21. The van der Waals surface area contributed by atoms with Gasteiger partial charge in [-0.1, -0.05) is 0 Å². The Morgan fingerprint density at radius 3 is 2.65 bits per heavy atom. The third-order valence-corrected chi connectivity index (χ3v) is 6.32. The van der Waals surface area contributed by atoms with E-state index in [0.29, 0.717) is 10.3 Å². The third-order valence-electron chi connectivity index (χ3n) is 2.31. The van der Waals surface area contributed by atoms with Gasteiger partial charge in [0.05, 0.1) is 0 Å². The molecular weight excluding hydrogens is 326 g/mol. The first-order chi connectivity index (χ1) is 7.92. The Labute approximate surface area is 111 Å². The highest BCUT2D eigenvalue weighted by molar-refractivity contribution is 9.10. The number of halogens is 1. The van der Waals surface area contributed by atoms with Crippen LogP contribution in [0.25, 0.3) is 0 Å². The lowest BCUT2D eigenvalue weighted by molar-refractivity contribution is 0.602. The number of anilines is 1. The average Bonchev–Trinajstić information content (AvgIpc) is 2.80. The Bertz CT molecular complexity index is 645. The van der Waals surface area contributed by atoms with E-state index in [2.05, 4.69) is 30.8 Å². The van der Waals surface area contributed by atoms with Gasteiger partial charge < -0.3 is 0 Å². The SMILES string of the molecule is Cc1[nH]nc(NS(=O)(=O)c2sccc2Br)c1C. The molecular formula is C9H10BrN3O2S2. The van der Waals surface area contributed by atoms with Crippen molar-refractivity contribution in [3.8, 4) is 0 Å². The Hall–Kier alpha value is -0.860. The third kappa shape index (κ3) is 2.38. The van der Waals surface area contributed by atoms with Crippen molar-refractivity contribution in [1.82, 2.24) is 10.2 Å². The molecule has 0 spiro atoms. The van der Waals surface area contributed by atoms with E-state index in [4.69, 9.17) is 0 Å². The molecule has 0 saturated heterocycles. The lowest BCUT2D eigenvalue weighted by Crippen LogP contribution is -2.13. The zero-order chi connectivity index (χ0) is 12.6. The molecule has 2 aromatic heterocycles. The van der Waals surface area contributed by atoms with Crippen LogP contribution in [-0.4, -0.2) is 18.6 Å². The number of aromatic amines is 1. The van der Waals surface area contributed by atoms with Gasteiger partial charge in [-0.05, 0) is 41.2 Å². The molecule has 0 bridgehead atoms. The molecule has 0 aromatic carbocycles. The molecule has 92 valence electrons. The van der Waals surface area contributed by atoms with Crippen LogP contribution in [0.5, 0.6) is 0 Å². The summed E-state index contributed by atoms with van der Waals surface area (Å²) in [5, 5.41) is 8.36. The lowest BCUT2D eigenvalue weighted by atomic mass is 10.3. The number of thiophene rings is 1. The van der Waals surface area contributed by atoms with E-state index in [9.17, 15) is 8.42 Å². The molecule has 0 radical (unpaired) electrons. The van der Waals surface area contributed by atoms with Gasteiger partial charge in [0, 0.05) is 15.7 Å². The van der Waals surface area contributed by atoms with E-state index in [1.165, 1.54) is 0 Å². The van der Waals surface area contributed by atoms with Crippen LogP contribution in [0.4, 0.5) is 5.82 Å². The number of aryl methyl sites for hydroxylation is 1. The maximum atomic E-state index is 12.1. The Morgan fingerprint density at radius 1 is 1.47 bits per heavy atom. The molecule has 0 unspecified atom stereocenters. The fraction of sp³-hybridized carbons (Fsp3) is 0.222. The van der Waals surface area contributed by atoms with Crippen LogP contribution in [0.15, 0.2) is 20.1 Å². The normalized spacial score (nSPS) is 11.7. The number of nitrogens with one attached hydrogen (secondary N) is 2. The minimum atomic E-state index is -3.57. The standard InChI is InChI=1S/C9H10BrN3O2S2/c1-5-6(2)11-12-8(5)13-17(14,15)9-7(10)3-4-16-9/h3-4H,1-2H3,(H2,11,12,13). The molecule has 0 amide bonds. The van der Waals surface area contributed by atoms with E-state index in [-0.39, 0.29) is 4.21 Å². The molecule has 0 fully saturated rings. The monoisotopic (exact) mass is 335 g/mol. The van der Waals surface area contributed by atoms with Crippen LogP contribution in [0.3, 0.4) is 0 Å². The van der Waals surface area contributed by atoms with Crippen molar-refractivity contribution in [1.29, 1.82) is 0 Å². The van der Waals surface area contributed by atoms with E-state index in [0.717, 1.165) is 22.6 Å². The molecule has 0 saturated carbocycles. The zero-order valence-electron chi connectivity index (χ0n) is 9.11. The number of sulfonamides is 1. The minimum Gasteiger partial charge on any atom is -0.280 e. The lowest BCUT2D eigenvalue weighted by Gasteiger charge is -2.04. The molecule has 0 atom stereocenters. The molecule has 2 aromatic rings. The summed E-state index contributed by atoms with van der Waals surface area (Å²) in [6, 6.07) is 1.70. The summed E-state index contributed by atoms with van der Waals surface area (Å²) in [5.41, 5.74) is 1.63. The maximum absolute atomic E-state index is 12.1. The fourth-order valence-corrected chi connectivity index (χ4v) is 4.63. The van der Waals surface area contributed by atoms with Gasteiger partial charge in [0.1, 0.15) is 0 Å². The molecule has 17 heavy (non-hydrogen) atoms. The summed E-state index contributed by atoms with van der Waals surface area (Å²) in [7, 11) is -3.57. The maximum Gasteiger partial charge on any atom is 0.273 e. The Morgan fingerprint density at radius 2 is 2.18 bits per heavy atom. The molecule has 0 aliphatic carbocycles. The molecule has 8 heteroatoms. The van der Waals surface area contributed by atoms with Crippen LogP contribution in [-0.2, 0) is 10.0 Å². The highest BCUT2D eigenvalue weighted by Crippen LogP contribution is 2.29. The second-order valence-corrected chi connectivity index (χ2v) is 7.13. The summed E-state index contributed by atoms with van der Waals surface area (Å²) in [4.78, 5) is 0. The summed E-state index contributed by atoms with van der Waals surface area (Å²) in [6.07, 6.45) is 0. The molecule has 2 N–H and O–H groups in total. The van der Waals surface area contributed by atoms with Crippen molar-refractivity contribution in [2.75, 3.05) is 4.72 Å². The first-order valence-corrected chi connectivity index (χ1v) is 7.85. The van der Waals surface area contributed by atoms with Crippen LogP contribution in [0, 0.1) is 13.8 Å². The minimum absolute atomic E-state index is 0.248. The number of aromatic nitrogens is 2. The van der Waals surface area contributed by atoms with Gasteiger partial charge >= 0.3 is 0 Å². The van der Waals surface area contributed by atoms with Gasteiger partial charge in [0.2, 0.25) is 0 Å². The van der Waals surface area contributed by atoms with Crippen LogP contribution >= 0.6 is 27.3 Å². The molecule has 0 aliphatic rings. The van der Waals surface area contributed by atoms with E-state index < -0.39 is 10.0 Å². The van der Waals surface area contributed by atoms with Gasteiger partial charge in [-0.25, -0.2) is 8.42 Å². The zero-order valence-corrected chi connectivity index (χ0v) is 12.3. The van der Waals surface area contributed by atoms with Gasteiger partial charge in [-0.2, -0.15) is 5.10 Å². The van der Waals surface area contributed by atoms with E-state index >= 15 is 0 Å². The molecule has 0 aliphatic heterocycles. The van der Waals surface area contributed by atoms with Gasteiger partial charge in [0.25, 0.3) is 10.0 Å². The van der Waals surface area contributed by atoms with Crippen molar-refractivity contribution in [3.05, 3.63) is 27.2 Å². The molecule has 2 rings (SSSR count). The Balaban J connectivity index is 2.37. The number of H-pyrrole nitrogens is 1. The fourth-order valence-electron chi connectivity index (χ4n) is 1.23. The van der Waals surface area contributed by atoms with E-state index in [1.807, 2.05) is 6.92 Å². The van der Waals surface area contributed by atoms with Crippen molar-refractivity contribution in [2.24, 2.45) is 0 Å². The van der Waals surface area contributed by atoms with Crippen LogP contribution < -0.4 is 4.72 Å². The predicted molar refractivity (Wildman–Crippen MR) is 70.9 cm³/mol. The van der Waals surface area contributed by atoms with E-state index in [1.54, 1.807) is 18.4 Å². The summed E-state index contributed by atoms with van der Waals surface area (Å²) < 4.78 is 27.4. The first-order valence-electron chi connectivity index (χ1n) is 4.69. The summed E-state index contributed by atoms with van der Waals surface area (Å²) in [6.45, 7) is 3.64.